The van der Waals surface area contributed by atoms with Crippen LogP contribution in [0.4, 0.5) is 0 Å². The minimum atomic E-state index is -0.345. The number of fused-ring (bicyclic) bond motifs is 1. The number of rotatable bonds is 4. The summed E-state index contributed by atoms with van der Waals surface area (Å²) in [6, 6.07) is 6.38. The van der Waals surface area contributed by atoms with Gasteiger partial charge >= 0.3 is 0 Å². The first-order valence-corrected chi connectivity index (χ1v) is 9.24. The van der Waals surface area contributed by atoms with Crippen LogP contribution >= 0.6 is 0 Å². The summed E-state index contributed by atoms with van der Waals surface area (Å²) in [5.74, 6) is 1.63. The van der Waals surface area contributed by atoms with Crippen molar-refractivity contribution < 1.29 is 9.53 Å². The molecule has 1 aromatic carbocycles. The molecule has 1 fully saturated rings. The van der Waals surface area contributed by atoms with Gasteiger partial charge in [-0.2, -0.15) is 0 Å². The van der Waals surface area contributed by atoms with Crippen molar-refractivity contribution in [1.29, 1.82) is 0 Å². The van der Waals surface area contributed by atoms with Crippen LogP contribution in [-0.4, -0.2) is 30.0 Å². The highest BCUT2D eigenvalue weighted by molar-refractivity contribution is 5.81. The second kappa shape index (κ2) is 7.37. The maximum Gasteiger partial charge on any atom is 0.263 e. The Morgan fingerprint density at radius 3 is 2.78 bits per heavy atom. The number of hydrogen-bond donors (Lipinski definition) is 0. The first-order valence-electron chi connectivity index (χ1n) is 9.24. The Labute approximate surface area is 140 Å². The molecule has 0 bridgehead atoms. The minimum absolute atomic E-state index is 0.164. The van der Waals surface area contributed by atoms with Crippen molar-refractivity contribution in [2.75, 3.05) is 13.1 Å². The van der Waals surface area contributed by atoms with E-state index in [-0.39, 0.29) is 12.0 Å². The van der Waals surface area contributed by atoms with E-state index in [1.54, 1.807) is 0 Å². The quantitative estimate of drug-likeness (QED) is 0.841. The number of carbonyl (C=O) groups is 1. The zero-order valence-corrected chi connectivity index (χ0v) is 14.5. The second-order valence-electron chi connectivity index (χ2n) is 7.18. The number of nitrogens with zero attached hydrogens (tertiary/aromatic N) is 1. The van der Waals surface area contributed by atoms with E-state index in [0.29, 0.717) is 5.92 Å². The lowest BCUT2D eigenvalue weighted by Crippen LogP contribution is -2.46. The van der Waals surface area contributed by atoms with E-state index >= 15 is 0 Å². The molecule has 0 unspecified atom stereocenters. The Hall–Kier alpha value is -1.51. The van der Waals surface area contributed by atoms with Gasteiger partial charge in [-0.1, -0.05) is 19.9 Å². The van der Waals surface area contributed by atoms with Crippen LogP contribution in [0.2, 0.25) is 0 Å². The lowest BCUT2D eigenvalue weighted by molar-refractivity contribution is -0.140. The molecule has 23 heavy (non-hydrogen) atoms. The summed E-state index contributed by atoms with van der Waals surface area (Å²) in [7, 11) is 0. The first kappa shape index (κ1) is 16.4. The fourth-order valence-corrected chi connectivity index (χ4v) is 3.85. The standard InChI is InChI=1S/C20H29NO2/c1-3-19(20(22)21-12-6-7-15(2)14-21)23-18-11-10-16-8-4-5-9-17(16)13-18/h10-11,13,15,19H,3-9,12,14H2,1-2H3/t15-,19+/m0/s1. The van der Waals surface area contributed by atoms with E-state index in [9.17, 15) is 4.79 Å². The summed E-state index contributed by atoms with van der Waals surface area (Å²) in [6.07, 6.45) is 7.59. The summed E-state index contributed by atoms with van der Waals surface area (Å²) >= 11 is 0. The summed E-state index contributed by atoms with van der Waals surface area (Å²) < 4.78 is 6.09. The first-order chi connectivity index (χ1) is 11.2. The van der Waals surface area contributed by atoms with Gasteiger partial charge in [0.15, 0.2) is 6.10 Å². The molecule has 0 spiro atoms. The Morgan fingerprint density at radius 1 is 1.26 bits per heavy atom. The number of likely N-dealkylation sites (tertiary alicyclic amines) is 1. The minimum Gasteiger partial charge on any atom is -0.481 e. The molecule has 1 aliphatic heterocycles. The number of amides is 1. The summed E-state index contributed by atoms with van der Waals surface area (Å²) in [6.45, 7) is 6.02. The zero-order chi connectivity index (χ0) is 16.2. The fraction of sp³-hybridized carbons (Fsp3) is 0.650. The highest BCUT2D eigenvalue weighted by Crippen LogP contribution is 2.26. The monoisotopic (exact) mass is 315 g/mol. The Balaban J connectivity index is 1.68. The van der Waals surface area contributed by atoms with Crippen molar-refractivity contribution in [2.45, 2.75) is 64.9 Å². The predicted molar refractivity (Wildman–Crippen MR) is 92.8 cm³/mol. The molecule has 0 saturated carbocycles. The van der Waals surface area contributed by atoms with Crippen LogP contribution in [0.15, 0.2) is 18.2 Å². The van der Waals surface area contributed by atoms with Gasteiger partial charge in [0.2, 0.25) is 0 Å². The highest BCUT2D eigenvalue weighted by atomic mass is 16.5. The zero-order valence-electron chi connectivity index (χ0n) is 14.5. The molecule has 126 valence electrons. The van der Waals surface area contributed by atoms with Crippen molar-refractivity contribution in [3.8, 4) is 5.75 Å². The fourth-order valence-electron chi connectivity index (χ4n) is 3.85. The second-order valence-corrected chi connectivity index (χ2v) is 7.18. The number of hydrogen-bond acceptors (Lipinski definition) is 2. The Morgan fingerprint density at radius 2 is 2.04 bits per heavy atom. The van der Waals surface area contributed by atoms with Crippen molar-refractivity contribution >= 4 is 5.91 Å². The van der Waals surface area contributed by atoms with Crippen LogP contribution in [0.3, 0.4) is 0 Å². The van der Waals surface area contributed by atoms with E-state index < -0.39 is 0 Å². The van der Waals surface area contributed by atoms with Gasteiger partial charge in [0.1, 0.15) is 5.75 Å². The third-order valence-corrected chi connectivity index (χ3v) is 5.21. The molecule has 3 nitrogen and oxygen atoms in total. The largest absolute Gasteiger partial charge is 0.481 e. The molecule has 1 heterocycles. The van der Waals surface area contributed by atoms with Crippen molar-refractivity contribution in [2.24, 2.45) is 5.92 Å². The molecule has 1 aliphatic carbocycles. The van der Waals surface area contributed by atoms with Gasteiger partial charge in [-0.3, -0.25) is 4.79 Å². The third kappa shape index (κ3) is 3.88. The summed E-state index contributed by atoms with van der Waals surface area (Å²) in [4.78, 5) is 14.8. The van der Waals surface area contributed by atoms with Gasteiger partial charge in [0.25, 0.3) is 5.91 Å². The average molecular weight is 315 g/mol. The Bertz CT molecular complexity index is 555. The van der Waals surface area contributed by atoms with Crippen LogP contribution in [-0.2, 0) is 17.6 Å². The molecule has 1 amide bonds. The van der Waals surface area contributed by atoms with Crippen molar-refractivity contribution in [3.05, 3.63) is 29.3 Å². The lowest BCUT2D eigenvalue weighted by Gasteiger charge is -2.33. The summed E-state index contributed by atoms with van der Waals surface area (Å²) in [5, 5.41) is 0. The van der Waals surface area contributed by atoms with Gasteiger partial charge in [-0.15, -0.1) is 0 Å². The molecule has 3 heteroatoms. The number of benzene rings is 1. The van der Waals surface area contributed by atoms with E-state index in [1.807, 2.05) is 17.9 Å². The number of carbonyl (C=O) groups excluding carboxylic acids is 1. The van der Waals surface area contributed by atoms with Gasteiger partial charge < -0.3 is 9.64 Å². The number of aryl methyl sites for hydroxylation is 2. The molecule has 2 atom stereocenters. The summed E-state index contributed by atoms with van der Waals surface area (Å²) in [5.41, 5.74) is 2.86. The van der Waals surface area contributed by atoms with Crippen LogP contribution in [0.25, 0.3) is 0 Å². The molecular formula is C20H29NO2. The number of ether oxygens (including phenoxy) is 1. The van der Waals surface area contributed by atoms with Crippen LogP contribution in [0.5, 0.6) is 5.75 Å². The molecule has 2 aliphatic rings. The van der Waals surface area contributed by atoms with Gasteiger partial charge in [-0.05, 0) is 74.1 Å². The maximum absolute atomic E-state index is 12.8. The highest BCUT2D eigenvalue weighted by Gasteiger charge is 2.28. The third-order valence-electron chi connectivity index (χ3n) is 5.21. The normalized spacial score (nSPS) is 22.3. The van der Waals surface area contributed by atoms with E-state index in [4.69, 9.17) is 4.74 Å². The maximum atomic E-state index is 12.8. The molecule has 0 aromatic heterocycles. The van der Waals surface area contributed by atoms with Gasteiger partial charge in [0.05, 0.1) is 0 Å². The van der Waals surface area contributed by atoms with Crippen LogP contribution in [0.1, 0.15) is 57.1 Å². The SMILES string of the molecule is CC[C@@H](Oc1ccc2c(c1)CCCC2)C(=O)N1CCC[C@H](C)C1. The van der Waals surface area contributed by atoms with Crippen molar-refractivity contribution in [1.82, 2.24) is 4.90 Å². The molecule has 3 rings (SSSR count). The molecule has 0 N–H and O–H groups in total. The van der Waals surface area contributed by atoms with Crippen molar-refractivity contribution in [3.63, 3.8) is 0 Å². The smallest absolute Gasteiger partial charge is 0.263 e. The van der Waals surface area contributed by atoms with Gasteiger partial charge in [0, 0.05) is 13.1 Å². The van der Waals surface area contributed by atoms with Crippen LogP contribution < -0.4 is 4.74 Å². The van der Waals surface area contributed by atoms with E-state index in [0.717, 1.165) is 38.1 Å². The lowest BCUT2D eigenvalue weighted by atomic mass is 9.92. The van der Waals surface area contributed by atoms with E-state index in [1.165, 1.54) is 36.8 Å². The van der Waals surface area contributed by atoms with Gasteiger partial charge in [-0.25, -0.2) is 0 Å². The Kier molecular flexibility index (Phi) is 5.24. The topological polar surface area (TPSA) is 29.5 Å². The molecule has 1 saturated heterocycles. The molecule has 0 radical (unpaired) electrons. The predicted octanol–water partition coefficient (Wildman–Crippen LogP) is 3.98. The molecule has 1 aromatic rings. The van der Waals surface area contributed by atoms with E-state index in [2.05, 4.69) is 19.1 Å². The van der Waals surface area contributed by atoms with Crippen LogP contribution in [0, 0.1) is 5.92 Å². The average Bonchev–Trinajstić information content (AvgIpc) is 2.59. The molecular weight excluding hydrogens is 286 g/mol. The number of piperidine rings is 1.